The molecule has 2 N–H and O–H groups in total. The number of nitrogens with one attached hydrogen (secondary N) is 2. The molecule has 14 heteroatoms. The second kappa shape index (κ2) is 12.5. The Morgan fingerprint density at radius 1 is 0.510 bits per heavy atom. The van der Waals surface area contributed by atoms with Crippen LogP contribution in [0.3, 0.4) is 0 Å². The molecule has 0 fully saturated rings. The van der Waals surface area contributed by atoms with E-state index < -0.39 is 0 Å². The van der Waals surface area contributed by atoms with Gasteiger partial charge >= 0.3 is 0 Å². The highest BCUT2D eigenvalue weighted by atomic mass is 16.2. The number of carbonyl (C=O) groups excluding carboxylic acids is 4. The van der Waals surface area contributed by atoms with Gasteiger partial charge in [-0.25, -0.2) is 19.3 Å². The number of hydrogen-bond donors (Lipinski definition) is 2. The molecule has 0 unspecified atom stereocenters. The first-order chi connectivity index (χ1) is 24.0. The Balaban J connectivity index is 0.817. The van der Waals surface area contributed by atoms with Crippen molar-refractivity contribution in [1.29, 1.82) is 0 Å². The Morgan fingerprint density at radius 3 is 1.35 bits per heavy atom. The summed E-state index contributed by atoms with van der Waals surface area (Å²) in [5.74, 6) is -1.28. The number of hydrogen-bond acceptors (Lipinski definition) is 10. The minimum Gasteiger partial charge on any atom is -0.315 e. The lowest BCUT2D eigenvalue weighted by molar-refractivity contribution is 0.0597. The lowest BCUT2D eigenvalue weighted by atomic mass is 9.93. The summed E-state index contributed by atoms with van der Waals surface area (Å²) in [6, 6.07) is 18.0. The minimum absolute atomic E-state index is 0.236. The second-order valence-electron chi connectivity index (χ2n) is 11.8. The predicted octanol–water partition coefficient (Wildman–Crippen LogP) is 2.62. The maximum Gasteiger partial charge on any atom is 0.261 e. The normalized spacial score (nSPS) is 14.1. The number of nitrogens with zero attached hydrogens (tertiary/aromatic N) is 8. The summed E-state index contributed by atoms with van der Waals surface area (Å²) in [7, 11) is 0. The molecular weight excluding hydrogens is 624 g/mol. The van der Waals surface area contributed by atoms with Crippen molar-refractivity contribution in [1.82, 2.24) is 50.0 Å². The Kier molecular flexibility index (Phi) is 7.70. The van der Waals surface area contributed by atoms with E-state index in [4.69, 9.17) is 0 Å². The van der Waals surface area contributed by atoms with E-state index in [0.717, 1.165) is 28.6 Å². The molecule has 49 heavy (non-hydrogen) atoms. The van der Waals surface area contributed by atoms with Crippen molar-refractivity contribution in [2.24, 2.45) is 0 Å². The molecule has 0 radical (unpaired) electrons. The van der Waals surface area contributed by atoms with Crippen LogP contribution < -0.4 is 10.6 Å². The molecule has 0 aliphatic carbocycles. The molecule has 4 heterocycles. The summed E-state index contributed by atoms with van der Waals surface area (Å²) in [5.41, 5.74) is 3.44. The molecule has 0 atom stereocenters. The first kappa shape index (κ1) is 30.2. The van der Waals surface area contributed by atoms with Gasteiger partial charge in [-0.2, -0.15) is 10.2 Å². The smallest absolute Gasteiger partial charge is 0.261 e. The first-order valence-electron chi connectivity index (χ1n) is 16.0. The van der Waals surface area contributed by atoms with Gasteiger partial charge in [0.2, 0.25) is 0 Å². The van der Waals surface area contributed by atoms with Gasteiger partial charge in [-0.05, 0) is 55.9 Å². The molecule has 2 aliphatic heterocycles. The molecule has 2 aromatic heterocycles. The molecule has 0 bridgehead atoms. The third kappa shape index (κ3) is 5.14. The van der Waals surface area contributed by atoms with E-state index in [1.54, 1.807) is 46.3 Å². The van der Waals surface area contributed by atoms with Crippen LogP contribution in [0.1, 0.15) is 47.9 Å². The molecule has 4 aromatic carbocycles. The van der Waals surface area contributed by atoms with Gasteiger partial charge in [0.05, 0.1) is 11.4 Å². The summed E-state index contributed by atoms with van der Waals surface area (Å²) in [6.07, 6.45) is 6.81. The molecule has 6 aromatic rings. The van der Waals surface area contributed by atoms with E-state index >= 15 is 0 Å². The molecule has 14 nitrogen and oxygen atoms in total. The third-order valence-electron chi connectivity index (χ3n) is 9.00. The van der Waals surface area contributed by atoms with Crippen LogP contribution >= 0.6 is 0 Å². The Labute approximate surface area is 279 Å². The summed E-state index contributed by atoms with van der Waals surface area (Å²) in [6.45, 7) is 2.67. The molecule has 0 spiro atoms. The predicted molar refractivity (Wildman–Crippen MR) is 179 cm³/mol. The van der Waals surface area contributed by atoms with Gasteiger partial charge in [0.25, 0.3) is 23.6 Å². The third-order valence-corrected chi connectivity index (χ3v) is 9.00. The zero-order chi connectivity index (χ0) is 33.5. The highest BCUT2D eigenvalue weighted by molar-refractivity contribution is 6.27. The van der Waals surface area contributed by atoms with E-state index in [1.807, 2.05) is 36.4 Å². The molecule has 244 valence electrons. The number of amides is 4. The van der Waals surface area contributed by atoms with Crippen molar-refractivity contribution in [3.8, 4) is 11.4 Å². The molecular formula is C35H30N10O4. The van der Waals surface area contributed by atoms with Crippen molar-refractivity contribution >= 4 is 45.2 Å². The van der Waals surface area contributed by atoms with Crippen molar-refractivity contribution in [2.75, 3.05) is 39.3 Å². The quantitative estimate of drug-likeness (QED) is 0.148. The van der Waals surface area contributed by atoms with Crippen LogP contribution in [0.2, 0.25) is 0 Å². The van der Waals surface area contributed by atoms with Gasteiger partial charge < -0.3 is 10.6 Å². The fourth-order valence-electron chi connectivity index (χ4n) is 6.70. The van der Waals surface area contributed by atoms with E-state index in [-0.39, 0.29) is 36.7 Å². The van der Waals surface area contributed by atoms with Crippen molar-refractivity contribution in [3.63, 3.8) is 0 Å². The maximum absolute atomic E-state index is 13.4. The number of carbonyl (C=O) groups is 4. The summed E-state index contributed by atoms with van der Waals surface area (Å²) >= 11 is 0. The van der Waals surface area contributed by atoms with E-state index in [1.165, 1.54) is 22.5 Å². The SMILES string of the molecule is O=C1c2cccc3c(-n4cncn4)ccc(c23)C(=O)N1CCNCCCNCCN1C(=O)c2cccc3c(-n4cncn4)ccc(c23)C1=O. The van der Waals surface area contributed by atoms with Gasteiger partial charge in [-0.1, -0.05) is 24.3 Å². The zero-order valence-electron chi connectivity index (χ0n) is 26.2. The van der Waals surface area contributed by atoms with Gasteiger partial charge in [-0.15, -0.1) is 0 Å². The van der Waals surface area contributed by atoms with Crippen molar-refractivity contribution in [3.05, 3.63) is 108 Å². The Hall–Kier alpha value is -6.12. The Bertz CT molecular complexity index is 2060. The molecule has 4 amide bonds. The average Bonchev–Trinajstić information content (AvgIpc) is 3.87. The van der Waals surface area contributed by atoms with E-state index in [0.29, 0.717) is 59.2 Å². The number of rotatable bonds is 12. The average molecular weight is 655 g/mol. The Morgan fingerprint density at radius 2 is 0.939 bits per heavy atom. The van der Waals surface area contributed by atoms with Gasteiger partial charge in [0.1, 0.15) is 25.3 Å². The van der Waals surface area contributed by atoms with Crippen LogP contribution in [-0.2, 0) is 0 Å². The minimum atomic E-state index is -0.321. The topological polar surface area (TPSA) is 160 Å². The lowest BCUT2D eigenvalue weighted by Gasteiger charge is -2.28. The van der Waals surface area contributed by atoms with Crippen LogP contribution in [0.15, 0.2) is 86.0 Å². The first-order valence-corrected chi connectivity index (χ1v) is 16.0. The van der Waals surface area contributed by atoms with E-state index in [2.05, 4.69) is 30.8 Å². The van der Waals surface area contributed by atoms with Gasteiger partial charge in [0.15, 0.2) is 0 Å². The van der Waals surface area contributed by atoms with Crippen LogP contribution in [0.5, 0.6) is 0 Å². The molecule has 2 aliphatic rings. The van der Waals surface area contributed by atoms with Crippen molar-refractivity contribution in [2.45, 2.75) is 6.42 Å². The molecule has 8 rings (SSSR count). The largest absolute Gasteiger partial charge is 0.315 e. The van der Waals surface area contributed by atoms with Crippen LogP contribution in [0, 0.1) is 0 Å². The highest BCUT2D eigenvalue weighted by Crippen LogP contribution is 2.34. The summed E-state index contributed by atoms with van der Waals surface area (Å²) < 4.78 is 3.24. The van der Waals surface area contributed by atoms with Crippen LogP contribution in [0.4, 0.5) is 0 Å². The maximum atomic E-state index is 13.4. The molecule has 0 saturated heterocycles. The number of aromatic nitrogens is 6. The van der Waals surface area contributed by atoms with E-state index in [9.17, 15) is 19.2 Å². The van der Waals surface area contributed by atoms with Crippen LogP contribution in [-0.4, -0.2) is 102 Å². The fourth-order valence-corrected chi connectivity index (χ4v) is 6.70. The van der Waals surface area contributed by atoms with Crippen LogP contribution in [0.25, 0.3) is 32.9 Å². The zero-order valence-corrected chi connectivity index (χ0v) is 26.2. The van der Waals surface area contributed by atoms with Gasteiger partial charge in [-0.3, -0.25) is 29.0 Å². The van der Waals surface area contributed by atoms with Gasteiger partial charge in [0, 0.05) is 70.0 Å². The summed E-state index contributed by atoms with van der Waals surface area (Å²) in [5, 5.41) is 17.8. The molecule has 0 saturated carbocycles. The summed E-state index contributed by atoms with van der Waals surface area (Å²) in [4.78, 5) is 64.1. The fraction of sp³-hybridized carbons (Fsp3) is 0.200. The highest BCUT2D eigenvalue weighted by Gasteiger charge is 2.34. The van der Waals surface area contributed by atoms with Crippen molar-refractivity contribution < 1.29 is 19.2 Å². The lowest BCUT2D eigenvalue weighted by Crippen LogP contribution is -2.44. The number of benzene rings is 4. The standard InChI is InChI=1S/C35H30N10O4/c46-32-24-6-1-4-22-28(44-20-38-18-40-44)10-8-26(30(22)24)34(48)42(32)16-14-36-12-3-13-37-15-17-43-33(47)25-7-2-5-23-29(45-21-39-19-41-45)11-9-27(31(23)25)35(43)49/h1-2,4-11,18-21,36-37H,3,12-17H2. The number of imide groups is 2. The second-order valence-corrected chi connectivity index (χ2v) is 11.8. The monoisotopic (exact) mass is 654 g/mol.